The van der Waals surface area contributed by atoms with Crippen LogP contribution in [0.1, 0.15) is 33.2 Å². The fourth-order valence-electron chi connectivity index (χ4n) is 4.61. The average molecular weight is 491 g/mol. The van der Waals surface area contributed by atoms with E-state index in [9.17, 15) is 18.7 Å². The van der Waals surface area contributed by atoms with Crippen LogP contribution < -0.4 is 9.47 Å². The minimum atomic E-state index is -0.621. The van der Waals surface area contributed by atoms with E-state index in [0.717, 1.165) is 11.6 Å². The van der Waals surface area contributed by atoms with Crippen molar-refractivity contribution in [3.8, 4) is 28.5 Å². The summed E-state index contributed by atoms with van der Waals surface area (Å²) < 4.78 is 38.5. The monoisotopic (exact) mass is 491 g/mol. The first-order valence-electron chi connectivity index (χ1n) is 11.3. The van der Waals surface area contributed by atoms with Crippen LogP contribution in [0.2, 0.25) is 0 Å². The topological polar surface area (TPSA) is 87.7 Å². The minimum Gasteiger partial charge on any atom is -0.507 e. The molecule has 0 saturated heterocycles. The van der Waals surface area contributed by atoms with Gasteiger partial charge in [-0.05, 0) is 60.0 Å². The van der Waals surface area contributed by atoms with Crippen molar-refractivity contribution in [2.75, 3.05) is 20.8 Å². The normalized spacial score (nSPS) is 14.7. The summed E-state index contributed by atoms with van der Waals surface area (Å²) in [6, 6.07) is 14.3. The number of hydrogen-bond donors (Lipinski definition) is 2. The highest BCUT2D eigenvalue weighted by Crippen LogP contribution is 2.44. The minimum absolute atomic E-state index is 0.161. The Morgan fingerprint density at radius 2 is 1.69 bits per heavy atom. The van der Waals surface area contributed by atoms with Crippen molar-refractivity contribution in [3.63, 3.8) is 0 Å². The van der Waals surface area contributed by atoms with E-state index in [2.05, 4.69) is 10.2 Å². The van der Waals surface area contributed by atoms with Gasteiger partial charge < -0.3 is 19.5 Å². The number of phenolic OH excluding ortho intramolecular Hbond substituents is 1. The first kappa shape index (κ1) is 23.3. The second kappa shape index (κ2) is 9.33. The van der Waals surface area contributed by atoms with Gasteiger partial charge in [-0.25, -0.2) is 8.78 Å². The number of rotatable bonds is 7. The number of aromatic nitrogens is 2. The van der Waals surface area contributed by atoms with E-state index in [1.807, 2.05) is 12.1 Å². The first-order chi connectivity index (χ1) is 17.4. The Hall–Kier alpha value is -4.40. The maximum absolute atomic E-state index is 14.0. The van der Waals surface area contributed by atoms with Gasteiger partial charge in [0.25, 0.3) is 5.91 Å². The molecule has 1 aromatic heterocycles. The Kier molecular flexibility index (Phi) is 6.05. The van der Waals surface area contributed by atoms with Crippen molar-refractivity contribution < 1.29 is 28.2 Å². The van der Waals surface area contributed by atoms with Gasteiger partial charge in [-0.1, -0.05) is 18.2 Å². The molecule has 7 nitrogen and oxygen atoms in total. The molecule has 1 aliphatic rings. The second-order valence-corrected chi connectivity index (χ2v) is 8.41. The van der Waals surface area contributed by atoms with Crippen molar-refractivity contribution in [1.82, 2.24) is 15.1 Å². The summed E-state index contributed by atoms with van der Waals surface area (Å²) in [7, 11) is 3.11. The zero-order chi connectivity index (χ0) is 25.4. The zero-order valence-corrected chi connectivity index (χ0v) is 19.6. The SMILES string of the molecule is COc1ccc(CCN2C(=O)c3[nH]nc(-c4cc(F)ccc4O)c3[C@H]2c2ccc(F)cc2)cc1OC. The number of nitrogens with one attached hydrogen (secondary N) is 1. The molecule has 36 heavy (non-hydrogen) atoms. The quantitative estimate of drug-likeness (QED) is 0.385. The van der Waals surface area contributed by atoms with Crippen LogP contribution in [0, 0.1) is 11.6 Å². The number of methoxy groups -OCH3 is 2. The lowest BCUT2D eigenvalue weighted by molar-refractivity contribution is 0.0746. The number of amides is 1. The number of aromatic hydroxyl groups is 1. The van der Waals surface area contributed by atoms with E-state index in [4.69, 9.17) is 9.47 Å². The molecule has 1 atom stereocenters. The van der Waals surface area contributed by atoms with E-state index in [-0.39, 0.29) is 28.6 Å². The lowest BCUT2D eigenvalue weighted by Gasteiger charge is -2.26. The van der Waals surface area contributed by atoms with Gasteiger partial charge in [0.15, 0.2) is 11.5 Å². The molecule has 0 aliphatic carbocycles. The summed E-state index contributed by atoms with van der Waals surface area (Å²) in [5, 5.41) is 17.4. The maximum atomic E-state index is 14.0. The predicted molar refractivity (Wildman–Crippen MR) is 128 cm³/mol. The summed E-state index contributed by atoms with van der Waals surface area (Å²) in [5.74, 6) is -0.239. The fraction of sp³-hybridized carbons (Fsp3) is 0.185. The summed E-state index contributed by atoms with van der Waals surface area (Å²) >= 11 is 0. The van der Waals surface area contributed by atoms with E-state index in [1.165, 1.54) is 24.3 Å². The highest BCUT2D eigenvalue weighted by molar-refractivity contribution is 6.00. The smallest absolute Gasteiger partial charge is 0.273 e. The van der Waals surface area contributed by atoms with Gasteiger partial charge in [-0.2, -0.15) is 5.10 Å². The number of carbonyl (C=O) groups is 1. The van der Waals surface area contributed by atoms with E-state index in [0.29, 0.717) is 35.6 Å². The van der Waals surface area contributed by atoms with Gasteiger partial charge in [-0.15, -0.1) is 0 Å². The van der Waals surface area contributed by atoms with Gasteiger partial charge >= 0.3 is 0 Å². The molecular formula is C27H23F2N3O4. The molecule has 9 heteroatoms. The third-order valence-electron chi connectivity index (χ3n) is 6.35. The summed E-state index contributed by atoms with van der Waals surface area (Å²) in [6.45, 7) is 0.327. The van der Waals surface area contributed by atoms with Crippen LogP contribution in [0.5, 0.6) is 17.2 Å². The second-order valence-electron chi connectivity index (χ2n) is 8.41. The fourth-order valence-corrected chi connectivity index (χ4v) is 4.61. The summed E-state index contributed by atoms with van der Waals surface area (Å²) in [5.41, 5.74) is 2.76. The standard InChI is InChI=1S/C27H23F2N3O4/c1-35-21-10-3-15(13-22(21)36-2)11-12-32-26(16-4-6-17(28)7-5-16)23-24(30-31-25(23)27(32)34)19-14-18(29)8-9-20(19)33/h3-10,13-14,26,33H,11-12H2,1-2H3,(H,30,31)/t26-/m1/s1. The molecule has 2 heterocycles. The predicted octanol–water partition coefficient (Wildman–Crippen LogP) is 4.87. The number of H-pyrrole nitrogens is 1. The number of ether oxygens (including phenoxy) is 2. The highest BCUT2D eigenvalue weighted by Gasteiger charge is 2.42. The van der Waals surface area contributed by atoms with Crippen LogP contribution in [0.15, 0.2) is 60.7 Å². The van der Waals surface area contributed by atoms with Crippen molar-refractivity contribution in [1.29, 1.82) is 0 Å². The molecule has 0 bridgehead atoms. The molecule has 3 aromatic carbocycles. The lowest BCUT2D eigenvalue weighted by Crippen LogP contribution is -2.31. The number of nitrogens with zero attached hydrogens (tertiary/aromatic N) is 2. The molecule has 0 fully saturated rings. The number of hydrogen-bond acceptors (Lipinski definition) is 5. The Labute approximate surface area is 205 Å². The third kappa shape index (κ3) is 4.02. The number of fused-ring (bicyclic) bond motifs is 1. The third-order valence-corrected chi connectivity index (χ3v) is 6.35. The Bertz CT molecular complexity index is 1440. The van der Waals surface area contributed by atoms with Crippen LogP contribution >= 0.6 is 0 Å². The van der Waals surface area contributed by atoms with Gasteiger partial charge in [0, 0.05) is 17.7 Å². The number of benzene rings is 3. The largest absolute Gasteiger partial charge is 0.507 e. The van der Waals surface area contributed by atoms with Crippen molar-refractivity contribution in [2.45, 2.75) is 12.5 Å². The van der Waals surface area contributed by atoms with Crippen molar-refractivity contribution in [2.24, 2.45) is 0 Å². The van der Waals surface area contributed by atoms with Crippen LogP contribution in [0.25, 0.3) is 11.3 Å². The van der Waals surface area contributed by atoms with E-state index >= 15 is 0 Å². The Morgan fingerprint density at radius 1 is 0.972 bits per heavy atom. The molecule has 5 rings (SSSR count). The lowest BCUT2D eigenvalue weighted by atomic mass is 9.95. The molecule has 0 saturated carbocycles. The van der Waals surface area contributed by atoms with Gasteiger partial charge in [0.2, 0.25) is 0 Å². The number of aromatic amines is 1. The summed E-state index contributed by atoms with van der Waals surface area (Å²) in [4.78, 5) is 15.1. The van der Waals surface area contributed by atoms with Gasteiger partial charge in [-0.3, -0.25) is 9.89 Å². The molecule has 0 spiro atoms. The number of carbonyl (C=O) groups excluding carboxylic acids is 1. The average Bonchev–Trinajstić information content (AvgIpc) is 3.43. The Morgan fingerprint density at radius 3 is 2.42 bits per heavy atom. The van der Waals surface area contributed by atoms with Crippen LogP contribution in [0.3, 0.4) is 0 Å². The number of halogens is 2. The van der Waals surface area contributed by atoms with Crippen LogP contribution in [0.4, 0.5) is 8.78 Å². The molecule has 4 aromatic rings. The van der Waals surface area contributed by atoms with Gasteiger partial charge in [0.05, 0.1) is 20.3 Å². The highest BCUT2D eigenvalue weighted by atomic mass is 19.1. The summed E-state index contributed by atoms with van der Waals surface area (Å²) in [6.07, 6.45) is 0.502. The molecule has 2 N–H and O–H groups in total. The maximum Gasteiger partial charge on any atom is 0.273 e. The van der Waals surface area contributed by atoms with Gasteiger partial charge in [0.1, 0.15) is 28.8 Å². The zero-order valence-electron chi connectivity index (χ0n) is 19.6. The molecule has 184 valence electrons. The van der Waals surface area contributed by atoms with Crippen LogP contribution in [-0.2, 0) is 6.42 Å². The van der Waals surface area contributed by atoms with E-state index < -0.39 is 17.7 Å². The molecule has 1 aliphatic heterocycles. The number of phenols is 1. The molecule has 1 amide bonds. The molecular weight excluding hydrogens is 468 g/mol. The van der Waals surface area contributed by atoms with Crippen molar-refractivity contribution >= 4 is 5.91 Å². The molecule has 0 unspecified atom stereocenters. The Balaban J connectivity index is 1.55. The van der Waals surface area contributed by atoms with E-state index in [1.54, 1.807) is 37.3 Å². The van der Waals surface area contributed by atoms with Crippen LogP contribution in [-0.4, -0.2) is 46.9 Å². The van der Waals surface area contributed by atoms with Crippen molar-refractivity contribution in [3.05, 3.63) is 94.7 Å². The molecule has 0 radical (unpaired) electrons. The first-order valence-corrected chi connectivity index (χ1v) is 11.3.